The smallest absolute Gasteiger partial charge is 0.277 e. The number of hydrogen-bond donors (Lipinski definition) is 1. The molecule has 1 aliphatic rings. The third-order valence-corrected chi connectivity index (χ3v) is 5.69. The van der Waals surface area contributed by atoms with E-state index in [-0.39, 0.29) is 28.8 Å². The van der Waals surface area contributed by atoms with Crippen LogP contribution in [0.1, 0.15) is 64.4 Å². The van der Waals surface area contributed by atoms with Crippen molar-refractivity contribution in [2.75, 3.05) is 0 Å². The van der Waals surface area contributed by atoms with Gasteiger partial charge in [0.1, 0.15) is 0 Å². The van der Waals surface area contributed by atoms with Gasteiger partial charge in [-0.15, -0.1) is 10.2 Å². The molecule has 1 amide bonds. The van der Waals surface area contributed by atoms with Crippen molar-refractivity contribution in [1.29, 1.82) is 0 Å². The Labute approximate surface area is 168 Å². The molecule has 0 saturated heterocycles. The molecule has 1 aliphatic carbocycles. The molecular formula is C20H26FN3O3S. The maximum Gasteiger partial charge on any atom is 0.277 e. The van der Waals surface area contributed by atoms with Crippen LogP contribution in [0.5, 0.6) is 5.75 Å². The highest BCUT2D eigenvalue weighted by Gasteiger charge is 2.23. The van der Waals surface area contributed by atoms with Crippen LogP contribution in [0.4, 0.5) is 4.39 Å². The largest absolute Gasteiger partial charge is 0.478 e. The molecule has 1 heterocycles. The average Bonchev–Trinajstić information content (AvgIpc) is 2.99. The van der Waals surface area contributed by atoms with Gasteiger partial charge in [-0.05, 0) is 38.8 Å². The maximum atomic E-state index is 13.7. The lowest BCUT2D eigenvalue weighted by Crippen LogP contribution is -2.39. The number of thioether (sulfide) groups is 1. The number of carbonyl (C=O) groups excluding carboxylic acids is 1. The SMILES string of the molecule is C[C@H](Sc1nnc([C@@H](C)Oc2ccccc2F)o1)C(=O)NC1CCCCCC1. The molecule has 0 unspecified atom stereocenters. The molecule has 0 radical (unpaired) electrons. The summed E-state index contributed by atoms with van der Waals surface area (Å²) in [5.74, 6) is -0.111. The summed E-state index contributed by atoms with van der Waals surface area (Å²) in [5, 5.41) is 11.0. The number of nitrogens with zero attached hydrogens (tertiary/aromatic N) is 2. The van der Waals surface area contributed by atoms with E-state index in [1.165, 1.54) is 49.6 Å². The van der Waals surface area contributed by atoms with Crippen LogP contribution in [-0.4, -0.2) is 27.4 Å². The molecule has 152 valence electrons. The van der Waals surface area contributed by atoms with Crippen molar-refractivity contribution in [1.82, 2.24) is 15.5 Å². The van der Waals surface area contributed by atoms with E-state index in [0.29, 0.717) is 5.22 Å². The molecule has 0 bridgehead atoms. The van der Waals surface area contributed by atoms with Gasteiger partial charge in [0.2, 0.25) is 5.91 Å². The lowest BCUT2D eigenvalue weighted by Gasteiger charge is -2.18. The monoisotopic (exact) mass is 407 g/mol. The Balaban J connectivity index is 1.53. The Morgan fingerprint density at radius 3 is 2.64 bits per heavy atom. The number of rotatable bonds is 7. The van der Waals surface area contributed by atoms with Crippen LogP contribution in [0.25, 0.3) is 0 Å². The minimum Gasteiger partial charge on any atom is -0.478 e. The summed E-state index contributed by atoms with van der Waals surface area (Å²) >= 11 is 1.21. The molecule has 8 heteroatoms. The fourth-order valence-electron chi connectivity index (χ4n) is 3.16. The fourth-order valence-corrected chi connectivity index (χ4v) is 3.86. The minimum absolute atomic E-state index is 0.0210. The zero-order valence-corrected chi connectivity index (χ0v) is 17.0. The summed E-state index contributed by atoms with van der Waals surface area (Å²) in [7, 11) is 0. The summed E-state index contributed by atoms with van der Waals surface area (Å²) in [5.41, 5.74) is 0. The Morgan fingerprint density at radius 2 is 1.93 bits per heavy atom. The molecule has 0 aliphatic heterocycles. The first-order chi connectivity index (χ1) is 13.5. The van der Waals surface area contributed by atoms with Crippen LogP contribution < -0.4 is 10.1 Å². The Kier molecular flexibility index (Phi) is 7.30. The summed E-state index contributed by atoms with van der Waals surface area (Å²) in [4.78, 5) is 12.5. The van der Waals surface area contributed by atoms with Gasteiger partial charge in [0.05, 0.1) is 5.25 Å². The van der Waals surface area contributed by atoms with Crippen LogP contribution >= 0.6 is 11.8 Å². The minimum atomic E-state index is -0.603. The number of hydrogen-bond acceptors (Lipinski definition) is 6. The molecule has 28 heavy (non-hydrogen) atoms. The van der Waals surface area contributed by atoms with Crippen LogP contribution in [0.15, 0.2) is 33.9 Å². The Morgan fingerprint density at radius 1 is 1.21 bits per heavy atom. The van der Waals surface area contributed by atoms with Gasteiger partial charge in [-0.3, -0.25) is 4.79 Å². The molecule has 0 spiro atoms. The normalized spacial score (nSPS) is 17.5. The topological polar surface area (TPSA) is 77.2 Å². The van der Waals surface area contributed by atoms with E-state index in [0.717, 1.165) is 12.8 Å². The van der Waals surface area contributed by atoms with Gasteiger partial charge in [-0.25, -0.2) is 4.39 Å². The summed E-state index contributed by atoms with van der Waals surface area (Å²) in [6.45, 7) is 3.52. The molecule has 6 nitrogen and oxygen atoms in total. The van der Waals surface area contributed by atoms with Crippen molar-refractivity contribution in [3.63, 3.8) is 0 Å². The number of aromatic nitrogens is 2. The van der Waals surface area contributed by atoms with Crippen molar-refractivity contribution < 1.29 is 18.3 Å². The van der Waals surface area contributed by atoms with Crippen LogP contribution in [0.3, 0.4) is 0 Å². The first-order valence-corrected chi connectivity index (χ1v) is 10.6. The van der Waals surface area contributed by atoms with Crippen molar-refractivity contribution in [3.8, 4) is 5.75 Å². The summed E-state index contributed by atoms with van der Waals surface area (Å²) in [6, 6.07) is 6.40. The van der Waals surface area contributed by atoms with Crippen LogP contribution in [-0.2, 0) is 4.79 Å². The second-order valence-electron chi connectivity index (χ2n) is 7.05. The standard InChI is InChI=1S/C20H26FN3O3S/c1-13(26-17-12-8-7-11-16(17)21)19-23-24-20(27-19)28-14(2)18(25)22-15-9-5-3-4-6-10-15/h7-8,11-15H,3-6,9-10H2,1-2H3,(H,22,25)/t13-,14+/m1/s1. The van der Waals surface area contributed by atoms with Gasteiger partial charge in [0.25, 0.3) is 11.1 Å². The van der Waals surface area contributed by atoms with E-state index in [4.69, 9.17) is 9.15 Å². The van der Waals surface area contributed by atoms with Gasteiger partial charge in [-0.1, -0.05) is 49.6 Å². The van der Waals surface area contributed by atoms with E-state index >= 15 is 0 Å². The lowest BCUT2D eigenvalue weighted by molar-refractivity contribution is -0.121. The summed E-state index contributed by atoms with van der Waals surface area (Å²) < 4.78 is 24.9. The quantitative estimate of drug-likeness (QED) is 0.531. The van der Waals surface area contributed by atoms with E-state index in [2.05, 4.69) is 15.5 Å². The average molecular weight is 408 g/mol. The van der Waals surface area contributed by atoms with E-state index < -0.39 is 11.9 Å². The van der Waals surface area contributed by atoms with Gasteiger partial charge in [0, 0.05) is 6.04 Å². The van der Waals surface area contributed by atoms with Crippen molar-refractivity contribution in [2.24, 2.45) is 0 Å². The summed E-state index contributed by atoms with van der Waals surface area (Å²) in [6.07, 6.45) is 6.30. The van der Waals surface area contributed by atoms with Gasteiger partial charge in [0.15, 0.2) is 17.7 Å². The Hall–Kier alpha value is -2.09. The molecule has 1 saturated carbocycles. The second-order valence-corrected chi connectivity index (χ2v) is 8.35. The molecule has 1 fully saturated rings. The third kappa shape index (κ3) is 5.70. The molecule has 1 aromatic carbocycles. The number of nitrogens with one attached hydrogen (secondary N) is 1. The molecule has 2 atom stereocenters. The number of ether oxygens (including phenoxy) is 1. The van der Waals surface area contributed by atoms with Crippen LogP contribution in [0, 0.1) is 5.82 Å². The third-order valence-electron chi connectivity index (χ3n) is 4.76. The molecular weight excluding hydrogens is 381 g/mol. The van der Waals surface area contributed by atoms with Crippen molar-refractivity contribution >= 4 is 17.7 Å². The predicted molar refractivity (Wildman–Crippen MR) is 105 cm³/mol. The van der Waals surface area contributed by atoms with Crippen molar-refractivity contribution in [2.45, 2.75) is 75.0 Å². The molecule has 2 aromatic rings. The van der Waals surface area contributed by atoms with E-state index in [1.54, 1.807) is 19.1 Å². The number of para-hydroxylation sites is 1. The van der Waals surface area contributed by atoms with Crippen LogP contribution in [0.2, 0.25) is 0 Å². The predicted octanol–water partition coefficient (Wildman–Crippen LogP) is 4.67. The molecule has 1 aromatic heterocycles. The fraction of sp³-hybridized carbons (Fsp3) is 0.550. The number of halogens is 1. The first-order valence-electron chi connectivity index (χ1n) is 9.74. The highest BCUT2D eigenvalue weighted by Crippen LogP contribution is 2.27. The molecule has 1 N–H and O–H groups in total. The number of carbonyl (C=O) groups is 1. The van der Waals surface area contributed by atoms with E-state index in [9.17, 15) is 9.18 Å². The van der Waals surface area contributed by atoms with Gasteiger partial charge in [-0.2, -0.15) is 0 Å². The zero-order chi connectivity index (χ0) is 19.9. The van der Waals surface area contributed by atoms with Crippen molar-refractivity contribution in [3.05, 3.63) is 36.0 Å². The number of benzene rings is 1. The molecule has 3 rings (SSSR count). The second kappa shape index (κ2) is 9.91. The van der Waals surface area contributed by atoms with Gasteiger partial charge < -0.3 is 14.5 Å². The Bertz CT molecular complexity index is 778. The van der Waals surface area contributed by atoms with E-state index in [1.807, 2.05) is 6.92 Å². The zero-order valence-electron chi connectivity index (χ0n) is 16.2. The highest BCUT2D eigenvalue weighted by molar-refractivity contribution is 8.00. The van der Waals surface area contributed by atoms with Gasteiger partial charge >= 0.3 is 0 Å². The first kappa shape index (κ1) is 20.6. The highest BCUT2D eigenvalue weighted by atomic mass is 32.2. The number of amides is 1. The lowest BCUT2D eigenvalue weighted by atomic mass is 10.1. The maximum absolute atomic E-state index is 13.7.